The Balaban J connectivity index is 1.73. The SMILES string of the molecule is OCCn1ncnc1CCc1nc2ccccc2[nH]1. The Morgan fingerprint density at radius 1 is 1.21 bits per heavy atom. The predicted molar refractivity (Wildman–Crippen MR) is 70.6 cm³/mol. The average molecular weight is 257 g/mol. The van der Waals surface area contributed by atoms with E-state index in [1.54, 1.807) is 4.68 Å². The molecule has 1 aromatic carbocycles. The number of fused-ring (bicyclic) bond motifs is 1. The molecule has 0 aliphatic rings. The molecule has 0 aliphatic carbocycles. The van der Waals surface area contributed by atoms with Crippen molar-refractivity contribution in [2.45, 2.75) is 19.4 Å². The van der Waals surface area contributed by atoms with Crippen LogP contribution in [0.15, 0.2) is 30.6 Å². The molecule has 98 valence electrons. The molecule has 0 spiro atoms. The first-order valence-corrected chi connectivity index (χ1v) is 6.28. The lowest BCUT2D eigenvalue weighted by molar-refractivity contribution is 0.267. The van der Waals surface area contributed by atoms with Gasteiger partial charge in [0.05, 0.1) is 24.2 Å². The van der Waals surface area contributed by atoms with Crippen LogP contribution < -0.4 is 0 Å². The van der Waals surface area contributed by atoms with Crippen molar-refractivity contribution in [2.75, 3.05) is 6.61 Å². The second kappa shape index (κ2) is 5.19. The van der Waals surface area contributed by atoms with Gasteiger partial charge in [-0.2, -0.15) is 5.10 Å². The molecule has 0 aliphatic heterocycles. The maximum Gasteiger partial charge on any atom is 0.138 e. The monoisotopic (exact) mass is 257 g/mol. The molecule has 0 fully saturated rings. The number of nitrogens with zero attached hydrogens (tertiary/aromatic N) is 4. The van der Waals surface area contributed by atoms with Crippen molar-refractivity contribution in [3.63, 3.8) is 0 Å². The summed E-state index contributed by atoms with van der Waals surface area (Å²) in [5.41, 5.74) is 2.03. The van der Waals surface area contributed by atoms with E-state index in [0.717, 1.165) is 35.5 Å². The Kier molecular flexibility index (Phi) is 3.24. The van der Waals surface area contributed by atoms with E-state index in [0.29, 0.717) is 6.54 Å². The van der Waals surface area contributed by atoms with Crippen molar-refractivity contribution in [1.82, 2.24) is 24.7 Å². The van der Waals surface area contributed by atoms with E-state index in [1.807, 2.05) is 24.3 Å². The quantitative estimate of drug-likeness (QED) is 0.712. The van der Waals surface area contributed by atoms with Crippen LogP contribution in [0.4, 0.5) is 0 Å². The second-order valence-electron chi connectivity index (χ2n) is 4.32. The highest BCUT2D eigenvalue weighted by Crippen LogP contribution is 2.11. The third-order valence-electron chi connectivity index (χ3n) is 3.03. The van der Waals surface area contributed by atoms with Gasteiger partial charge in [0.15, 0.2) is 0 Å². The van der Waals surface area contributed by atoms with E-state index in [2.05, 4.69) is 20.1 Å². The van der Waals surface area contributed by atoms with Crippen molar-refractivity contribution < 1.29 is 5.11 Å². The molecule has 2 N–H and O–H groups in total. The molecule has 6 heteroatoms. The first-order chi connectivity index (χ1) is 9.36. The fourth-order valence-corrected chi connectivity index (χ4v) is 2.12. The first-order valence-electron chi connectivity index (χ1n) is 6.28. The van der Waals surface area contributed by atoms with Gasteiger partial charge in [-0.25, -0.2) is 14.6 Å². The summed E-state index contributed by atoms with van der Waals surface area (Å²) in [5, 5.41) is 13.0. The van der Waals surface area contributed by atoms with Gasteiger partial charge in [0.1, 0.15) is 18.0 Å². The third kappa shape index (κ3) is 2.48. The van der Waals surface area contributed by atoms with Crippen molar-refractivity contribution in [2.24, 2.45) is 0 Å². The smallest absolute Gasteiger partial charge is 0.138 e. The number of hydrogen-bond donors (Lipinski definition) is 2. The minimum absolute atomic E-state index is 0.0704. The fraction of sp³-hybridized carbons (Fsp3) is 0.308. The van der Waals surface area contributed by atoms with Gasteiger partial charge in [0, 0.05) is 12.8 Å². The Morgan fingerprint density at radius 2 is 2.11 bits per heavy atom. The number of imidazole rings is 1. The maximum absolute atomic E-state index is 8.94. The number of hydrogen-bond acceptors (Lipinski definition) is 4. The Morgan fingerprint density at radius 3 is 2.95 bits per heavy atom. The van der Waals surface area contributed by atoms with Crippen LogP contribution in [0.2, 0.25) is 0 Å². The lowest BCUT2D eigenvalue weighted by Gasteiger charge is -2.02. The van der Waals surface area contributed by atoms with E-state index < -0.39 is 0 Å². The summed E-state index contributed by atoms with van der Waals surface area (Å²) in [4.78, 5) is 12.0. The van der Waals surface area contributed by atoms with Crippen molar-refractivity contribution >= 4 is 11.0 Å². The van der Waals surface area contributed by atoms with Crippen LogP contribution >= 0.6 is 0 Å². The molecular weight excluding hydrogens is 242 g/mol. The van der Waals surface area contributed by atoms with Crippen LogP contribution in [0.5, 0.6) is 0 Å². The van der Waals surface area contributed by atoms with Crippen molar-refractivity contribution in [3.05, 3.63) is 42.2 Å². The van der Waals surface area contributed by atoms with Crippen LogP contribution in [-0.2, 0) is 19.4 Å². The topological polar surface area (TPSA) is 79.6 Å². The molecular formula is C13H15N5O. The standard InChI is InChI=1S/C13H15N5O/c19-8-7-18-13(14-9-15-18)6-5-12-16-10-3-1-2-4-11(10)17-12/h1-4,9,19H,5-8H2,(H,16,17). The number of aliphatic hydroxyl groups is 1. The highest BCUT2D eigenvalue weighted by molar-refractivity contribution is 5.74. The molecule has 0 atom stereocenters. The molecule has 0 saturated carbocycles. The predicted octanol–water partition coefficient (Wildman–Crippen LogP) is 0.932. The fourth-order valence-electron chi connectivity index (χ4n) is 2.12. The normalized spacial score (nSPS) is 11.2. The molecule has 0 unspecified atom stereocenters. The van der Waals surface area contributed by atoms with Crippen molar-refractivity contribution in [3.8, 4) is 0 Å². The largest absolute Gasteiger partial charge is 0.394 e. The van der Waals surface area contributed by atoms with Crippen molar-refractivity contribution in [1.29, 1.82) is 0 Å². The molecule has 0 radical (unpaired) electrons. The average Bonchev–Trinajstić information content (AvgIpc) is 3.02. The van der Waals surface area contributed by atoms with Gasteiger partial charge < -0.3 is 10.1 Å². The Labute approximate surface area is 110 Å². The van der Waals surface area contributed by atoms with Crippen LogP contribution in [0.25, 0.3) is 11.0 Å². The zero-order chi connectivity index (χ0) is 13.1. The van der Waals surface area contributed by atoms with Crippen LogP contribution in [0.1, 0.15) is 11.6 Å². The summed E-state index contributed by atoms with van der Waals surface area (Å²) >= 11 is 0. The number of benzene rings is 1. The summed E-state index contributed by atoms with van der Waals surface area (Å²) in [6, 6.07) is 7.97. The third-order valence-corrected chi connectivity index (χ3v) is 3.03. The van der Waals surface area contributed by atoms with Gasteiger partial charge in [0.25, 0.3) is 0 Å². The zero-order valence-electron chi connectivity index (χ0n) is 10.5. The number of nitrogens with one attached hydrogen (secondary N) is 1. The molecule has 2 aromatic heterocycles. The first kappa shape index (κ1) is 11.9. The van der Waals surface area contributed by atoms with E-state index in [4.69, 9.17) is 5.11 Å². The minimum atomic E-state index is 0.0704. The molecule has 2 heterocycles. The van der Waals surface area contributed by atoms with Gasteiger partial charge in [-0.15, -0.1) is 0 Å². The molecule has 0 saturated heterocycles. The van der Waals surface area contributed by atoms with Gasteiger partial charge in [0.2, 0.25) is 0 Å². The molecule has 3 rings (SSSR count). The molecule has 6 nitrogen and oxygen atoms in total. The summed E-state index contributed by atoms with van der Waals surface area (Å²) < 4.78 is 1.72. The molecule has 0 amide bonds. The van der Waals surface area contributed by atoms with E-state index in [1.165, 1.54) is 6.33 Å². The van der Waals surface area contributed by atoms with Gasteiger partial charge in [-0.05, 0) is 12.1 Å². The number of aryl methyl sites for hydroxylation is 2. The van der Waals surface area contributed by atoms with E-state index in [9.17, 15) is 0 Å². The van der Waals surface area contributed by atoms with Crippen LogP contribution in [0.3, 0.4) is 0 Å². The van der Waals surface area contributed by atoms with Crippen LogP contribution in [0, 0.1) is 0 Å². The van der Waals surface area contributed by atoms with Gasteiger partial charge >= 0.3 is 0 Å². The highest BCUT2D eigenvalue weighted by atomic mass is 16.3. The van der Waals surface area contributed by atoms with E-state index >= 15 is 0 Å². The number of para-hydroxylation sites is 2. The number of aromatic nitrogens is 5. The number of aliphatic hydroxyl groups excluding tert-OH is 1. The van der Waals surface area contributed by atoms with E-state index in [-0.39, 0.29) is 6.61 Å². The zero-order valence-corrected chi connectivity index (χ0v) is 10.5. The summed E-state index contributed by atoms with van der Waals surface area (Å²) in [5.74, 6) is 1.81. The number of rotatable bonds is 5. The second-order valence-corrected chi connectivity index (χ2v) is 4.32. The van der Waals surface area contributed by atoms with Gasteiger partial charge in [-0.1, -0.05) is 12.1 Å². The minimum Gasteiger partial charge on any atom is -0.394 e. The Bertz CT molecular complexity index is 639. The molecule has 19 heavy (non-hydrogen) atoms. The highest BCUT2D eigenvalue weighted by Gasteiger charge is 2.07. The molecule has 0 bridgehead atoms. The summed E-state index contributed by atoms with van der Waals surface area (Å²) in [7, 11) is 0. The maximum atomic E-state index is 8.94. The van der Waals surface area contributed by atoms with Gasteiger partial charge in [-0.3, -0.25) is 0 Å². The summed E-state index contributed by atoms with van der Waals surface area (Å²) in [6.07, 6.45) is 3.04. The number of aromatic amines is 1. The number of H-pyrrole nitrogens is 1. The summed E-state index contributed by atoms with van der Waals surface area (Å²) in [6.45, 7) is 0.552. The lowest BCUT2D eigenvalue weighted by atomic mass is 10.3. The Hall–Kier alpha value is -2.21. The molecule has 3 aromatic rings. The van der Waals surface area contributed by atoms with Crippen LogP contribution in [-0.4, -0.2) is 36.4 Å². The lowest BCUT2D eigenvalue weighted by Crippen LogP contribution is -2.09.